The second-order valence-electron chi connectivity index (χ2n) is 3.29. The van der Waals surface area contributed by atoms with E-state index in [-0.39, 0.29) is 12.4 Å². The Balaban J connectivity index is 2.48. The minimum atomic E-state index is 0.0850. The summed E-state index contributed by atoms with van der Waals surface area (Å²) in [6.07, 6.45) is 1.43. The van der Waals surface area contributed by atoms with Gasteiger partial charge in [0.25, 0.3) is 0 Å². The molecule has 3 nitrogen and oxygen atoms in total. The lowest BCUT2D eigenvalue weighted by molar-refractivity contribution is -0.118. The quantitative estimate of drug-likeness (QED) is 0.809. The van der Waals surface area contributed by atoms with Crippen molar-refractivity contribution in [3.05, 3.63) is 15.6 Å². The molecule has 1 N–H and O–H groups in total. The van der Waals surface area contributed by atoms with E-state index in [9.17, 15) is 4.79 Å². The molecule has 1 rings (SSSR count). The van der Waals surface area contributed by atoms with Crippen LogP contribution in [0.15, 0.2) is 0 Å². The average molecular weight is 213 g/mol. The number of ketones is 1. The Morgan fingerprint density at radius 2 is 2.21 bits per heavy atom. The Morgan fingerprint density at radius 3 is 2.71 bits per heavy atom. The van der Waals surface area contributed by atoms with Gasteiger partial charge in [-0.05, 0) is 20.3 Å². The Labute approximate surface area is 87.8 Å². The first-order valence-electron chi connectivity index (χ1n) is 4.69. The summed E-state index contributed by atoms with van der Waals surface area (Å²) in [7, 11) is 0. The van der Waals surface area contributed by atoms with Crippen molar-refractivity contribution in [1.82, 2.24) is 4.98 Å². The van der Waals surface area contributed by atoms with Gasteiger partial charge in [-0.1, -0.05) is 0 Å². The van der Waals surface area contributed by atoms with Crippen LogP contribution in [0.3, 0.4) is 0 Å². The van der Waals surface area contributed by atoms with E-state index in [1.165, 1.54) is 4.88 Å². The third-order valence-corrected chi connectivity index (χ3v) is 3.11. The number of aromatic nitrogens is 1. The van der Waals surface area contributed by atoms with Crippen LogP contribution in [0.1, 0.15) is 28.4 Å². The maximum atomic E-state index is 11.3. The topological polar surface area (TPSA) is 50.2 Å². The van der Waals surface area contributed by atoms with Gasteiger partial charge in [-0.25, -0.2) is 4.98 Å². The van der Waals surface area contributed by atoms with Crippen molar-refractivity contribution in [3.8, 4) is 0 Å². The molecular formula is C10H15NO2S. The van der Waals surface area contributed by atoms with Crippen LogP contribution in [0.5, 0.6) is 0 Å². The highest BCUT2D eigenvalue weighted by Gasteiger charge is 2.08. The van der Waals surface area contributed by atoms with Crippen molar-refractivity contribution in [2.45, 2.75) is 33.1 Å². The monoisotopic (exact) mass is 213 g/mol. The van der Waals surface area contributed by atoms with Crippen LogP contribution in [-0.2, 0) is 11.2 Å². The van der Waals surface area contributed by atoms with Gasteiger partial charge in [-0.15, -0.1) is 11.3 Å². The Bertz CT molecular complexity index is 300. The molecule has 0 amide bonds. The zero-order chi connectivity index (χ0) is 10.6. The third-order valence-electron chi connectivity index (χ3n) is 2.03. The van der Waals surface area contributed by atoms with Gasteiger partial charge in [0.1, 0.15) is 10.8 Å². The number of carbonyl (C=O) groups excluding carboxylic acids is 1. The number of hydrogen-bond donors (Lipinski definition) is 1. The molecule has 0 radical (unpaired) electrons. The highest BCUT2D eigenvalue weighted by atomic mass is 32.1. The molecule has 0 aliphatic carbocycles. The van der Waals surface area contributed by atoms with E-state index in [0.29, 0.717) is 19.3 Å². The number of hydrogen-bond acceptors (Lipinski definition) is 4. The van der Waals surface area contributed by atoms with E-state index in [1.54, 1.807) is 11.3 Å². The van der Waals surface area contributed by atoms with Crippen LogP contribution >= 0.6 is 11.3 Å². The number of nitrogens with zero attached hydrogens (tertiary/aromatic N) is 1. The third kappa shape index (κ3) is 3.20. The van der Waals surface area contributed by atoms with E-state index in [1.807, 2.05) is 13.8 Å². The SMILES string of the molecule is Cc1nc(CC(=O)CCCO)sc1C. The van der Waals surface area contributed by atoms with Crippen LogP contribution < -0.4 is 0 Å². The van der Waals surface area contributed by atoms with Crippen molar-refractivity contribution >= 4 is 17.1 Å². The fraction of sp³-hybridized carbons (Fsp3) is 0.600. The molecule has 0 saturated heterocycles. The maximum Gasteiger partial charge on any atom is 0.139 e. The van der Waals surface area contributed by atoms with E-state index in [0.717, 1.165) is 10.7 Å². The van der Waals surface area contributed by atoms with E-state index in [4.69, 9.17) is 5.11 Å². The fourth-order valence-corrected chi connectivity index (χ4v) is 2.11. The summed E-state index contributed by atoms with van der Waals surface area (Å²) in [5.41, 5.74) is 1.01. The van der Waals surface area contributed by atoms with Gasteiger partial charge < -0.3 is 5.11 Å². The molecule has 0 atom stereocenters. The second-order valence-corrected chi connectivity index (χ2v) is 4.58. The number of aryl methyl sites for hydroxylation is 2. The van der Waals surface area contributed by atoms with E-state index >= 15 is 0 Å². The number of thiazole rings is 1. The molecule has 1 aromatic rings. The molecule has 0 fully saturated rings. The Morgan fingerprint density at radius 1 is 1.50 bits per heavy atom. The molecule has 78 valence electrons. The van der Waals surface area contributed by atoms with Crippen molar-refractivity contribution in [1.29, 1.82) is 0 Å². The first kappa shape index (κ1) is 11.3. The van der Waals surface area contributed by atoms with Gasteiger partial charge in [0.2, 0.25) is 0 Å². The first-order chi connectivity index (χ1) is 6.63. The van der Waals surface area contributed by atoms with E-state index < -0.39 is 0 Å². The van der Waals surface area contributed by atoms with Crippen molar-refractivity contribution in [2.75, 3.05) is 6.61 Å². The van der Waals surface area contributed by atoms with Crippen molar-refractivity contribution in [2.24, 2.45) is 0 Å². The van der Waals surface area contributed by atoms with Crippen molar-refractivity contribution in [3.63, 3.8) is 0 Å². The lowest BCUT2D eigenvalue weighted by Crippen LogP contribution is -2.03. The summed E-state index contributed by atoms with van der Waals surface area (Å²) < 4.78 is 0. The standard InChI is InChI=1S/C10H15NO2S/c1-7-8(2)14-10(11-7)6-9(13)4-3-5-12/h12H,3-6H2,1-2H3. The van der Waals surface area contributed by atoms with Crippen LogP contribution in [0.25, 0.3) is 0 Å². The Kier molecular flexibility index (Phi) is 4.22. The molecule has 0 spiro atoms. The minimum absolute atomic E-state index is 0.0850. The number of aliphatic hydroxyl groups excluding tert-OH is 1. The predicted molar refractivity (Wildman–Crippen MR) is 56.6 cm³/mol. The van der Waals surface area contributed by atoms with Gasteiger partial charge in [0.05, 0.1) is 12.1 Å². The molecule has 0 aliphatic heterocycles. The lowest BCUT2D eigenvalue weighted by Gasteiger charge is -1.95. The molecule has 1 heterocycles. The Hall–Kier alpha value is -0.740. The summed E-state index contributed by atoms with van der Waals surface area (Å²) in [6, 6.07) is 0. The highest BCUT2D eigenvalue weighted by molar-refractivity contribution is 7.11. The molecule has 1 aromatic heterocycles. The van der Waals surface area contributed by atoms with Gasteiger partial charge in [0.15, 0.2) is 0 Å². The van der Waals surface area contributed by atoms with Crippen LogP contribution in [-0.4, -0.2) is 22.5 Å². The minimum Gasteiger partial charge on any atom is -0.396 e. The molecule has 0 bridgehead atoms. The smallest absolute Gasteiger partial charge is 0.139 e. The molecule has 14 heavy (non-hydrogen) atoms. The van der Waals surface area contributed by atoms with Gasteiger partial charge in [0, 0.05) is 17.9 Å². The largest absolute Gasteiger partial charge is 0.396 e. The summed E-state index contributed by atoms with van der Waals surface area (Å²) >= 11 is 1.58. The average Bonchev–Trinajstić information content (AvgIpc) is 2.42. The highest BCUT2D eigenvalue weighted by Crippen LogP contribution is 2.17. The predicted octanol–water partition coefficient (Wildman–Crippen LogP) is 1.64. The molecule has 0 aliphatic rings. The summed E-state index contributed by atoms with van der Waals surface area (Å²) in [6.45, 7) is 4.05. The van der Waals surface area contributed by atoms with Crippen LogP contribution in [0.2, 0.25) is 0 Å². The fourth-order valence-electron chi connectivity index (χ4n) is 1.15. The van der Waals surface area contributed by atoms with Crippen LogP contribution in [0, 0.1) is 13.8 Å². The summed E-state index contributed by atoms with van der Waals surface area (Å²) in [5, 5.41) is 9.46. The summed E-state index contributed by atoms with van der Waals surface area (Å²) in [4.78, 5) is 16.8. The van der Waals surface area contributed by atoms with Crippen molar-refractivity contribution < 1.29 is 9.90 Å². The molecule has 0 saturated carbocycles. The lowest BCUT2D eigenvalue weighted by atomic mass is 10.2. The van der Waals surface area contributed by atoms with E-state index in [2.05, 4.69) is 4.98 Å². The van der Waals surface area contributed by atoms with Gasteiger partial charge in [-0.2, -0.15) is 0 Å². The van der Waals surface area contributed by atoms with Gasteiger partial charge >= 0.3 is 0 Å². The normalized spacial score (nSPS) is 10.5. The molecule has 4 heteroatoms. The van der Waals surface area contributed by atoms with Gasteiger partial charge in [-0.3, -0.25) is 4.79 Å². The number of Topliss-reactive ketones (excluding diaryl/α,β-unsaturated/α-hetero) is 1. The number of carbonyl (C=O) groups is 1. The van der Waals surface area contributed by atoms with Crippen LogP contribution in [0.4, 0.5) is 0 Å². The first-order valence-corrected chi connectivity index (χ1v) is 5.50. The summed E-state index contributed by atoms with van der Waals surface area (Å²) in [5.74, 6) is 0.160. The molecule has 0 unspecified atom stereocenters. The zero-order valence-electron chi connectivity index (χ0n) is 8.54. The zero-order valence-corrected chi connectivity index (χ0v) is 9.36. The molecular weight excluding hydrogens is 198 g/mol. The number of aliphatic hydroxyl groups is 1. The second kappa shape index (κ2) is 5.22. The maximum absolute atomic E-state index is 11.3. The molecule has 0 aromatic carbocycles. The number of rotatable bonds is 5.